The second-order valence-electron chi connectivity index (χ2n) is 6.89. The molecule has 1 aromatic carbocycles. The normalized spacial score (nSPS) is 15.4. The molecule has 2 aromatic heterocycles. The third-order valence-electron chi connectivity index (χ3n) is 4.83. The lowest BCUT2D eigenvalue weighted by Crippen LogP contribution is -2.29. The largest absolute Gasteiger partial charge is 0.357 e. The molecule has 1 saturated carbocycles. The zero-order valence-electron chi connectivity index (χ0n) is 13.9. The summed E-state index contributed by atoms with van der Waals surface area (Å²) >= 11 is 6.40. The number of tetrazole rings is 1. The van der Waals surface area contributed by atoms with Gasteiger partial charge in [-0.2, -0.15) is 0 Å². The summed E-state index contributed by atoms with van der Waals surface area (Å²) in [6.07, 6.45) is 4.28. The topological polar surface area (TPSA) is 88.5 Å². The van der Waals surface area contributed by atoms with Gasteiger partial charge in [-0.3, -0.25) is 4.79 Å². The molecular weight excluding hydrogens is 340 g/mol. The number of aromatic amines is 1. The summed E-state index contributed by atoms with van der Waals surface area (Å²) in [6.45, 7) is 3.17. The number of halogens is 1. The van der Waals surface area contributed by atoms with Crippen LogP contribution in [0, 0.1) is 5.41 Å². The highest BCUT2D eigenvalue weighted by molar-refractivity contribution is 6.32. The number of aromatic nitrogens is 5. The third-order valence-corrected chi connectivity index (χ3v) is 5.18. The van der Waals surface area contributed by atoms with E-state index in [1.54, 1.807) is 11.0 Å². The van der Waals surface area contributed by atoms with Crippen LogP contribution in [0.1, 0.15) is 31.0 Å². The number of H-pyrrole nitrogens is 1. The Hall–Kier alpha value is -2.41. The average molecular weight is 359 g/mol. The van der Waals surface area contributed by atoms with Crippen LogP contribution in [0.3, 0.4) is 0 Å². The van der Waals surface area contributed by atoms with Gasteiger partial charge in [0.1, 0.15) is 6.33 Å². The zero-order valence-corrected chi connectivity index (χ0v) is 14.7. The van der Waals surface area contributed by atoms with E-state index >= 15 is 0 Å². The van der Waals surface area contributed by atoms with E-state index in [0.29, 0.717) is 13.1 Å². The Morgan fingerprint density at radius 3 is 2.96 bits per heavy atom. The van der Waals surface area contributed by atoms with Crippen LogP contribution in [0.4, 0.5) is 0 Å². The van der Waals surface area contributed by atoms with Crippen molar-refractivity contribution < 1.29 is 4.79 Å². The maximum absolute atomic E-state index is 12.1. The number of rotatable bonds is 6. The monoisotopic (exact) mass is 358 g/mol. The first-order valence-electron chi connectivity index (χ1n) is 8.33. The second-order valence-corrected chi connectivity index (χ2v) is 7.30. The third kappa shape index (κ3) is 3.37. The minimum Gasteiger partial charge on any atom is -0.357 e. The molecule has 0 spiro atoms. The molecular formula is C17H19ClN6O. The van der Waals surface area contributed by atoms with Gasteiger partial charge in [-0.15, -0.1) is 5.10 Å². The van der Waals surface area contributed by atoms with Crippen molar-refractivity contribution in [1.82, 2.24) is 30.5 Å². The molecule has 0 saturated heterocycles. The second kappa shape index (κ2) is 6.15. The Morgan fingerprint density at radius 1 is 1.40 bits per heavy atom. The molecule has 1 aliphatic carbocycles. The summed E-state index contributed by atoms with van der Waals surface area (Å²) in [5.74, 6) is 0.131. The number of hydrogen-bond acceptors (Lipinski definition) is 4. The van der Waals surface area contributed by atoms with E-state index in [2.05, 4.69) is 31.9 Å². The lowest BCUT2D eigenvalue weighted by Gasteiger charge is -2.08. The Labute approximate surface area is 149 Å². The lowest BCUT2D eigenvalue weighted by molar-refractivity contribution is -0.125. The highest BCUT2D eigenvalue weighted by Crippen LogP contribution is 2.45. The molecule has 0 atom stereocenters. The Morgan fingerprint density at radius 2 is 2.24 bits per heavy atom. The molecule has 7 nitrogen and oxygen atoms in total. The summed E-state index contributed by atoms with van der Waals surface area (Å²) in [5, 5.41) is 15.9. The fourth-order valence-electron chi connectivity index (χ4n) is 2.87. The smallest absolute Gasteiger partial charge is 0.226 e. The average Bonchev–Trinajstić information content (AvgIpc) is 3.01. The molecule has 130 valence electrons. The van der Waals surface area contributed by atoms with Crippen LogP contribution in [0.2, 0.25) is 5.02 Å². The zero-order chi connectivity index (χ0) is 17.4. The van der Waals surface area contributed by atoms with Gasteiger partial charge in [-0.1, -0.05) is 18.5 Å². The SMILES string of the molecule is CC1(C(=O)NCc2cc3cc(Cl)c(CCn4cnnn4)cc3[nH]2)CC1. The summed E-state index contributed by atoms with van der Waals surface area (Å²) in [4.78, 5) is 15.4. The van der Waals surface area contributed by atoms with Gasteiger partial charge in [-0.05, 0) is 53.5 Å². The molecule has 8 heteroatoms. The van der Waals surface area contributed by atoms with Gasteiger partial charge in [0.15, 0.2) is 0 Å². The minimum absolute atomic E-state index is 0.131. The molecule has 4 rings (SSSR count). The molecule has 1 amide bonds. The van der Waals surface area contributed by atoms with Gasteiger partial charge in [0.25, 0.3) is 0 Å². The highest BCUT2D eigenvalue weighted by Gasteiger charge is 2.44. The molecule has 0 bridgehead atoms. The number of benzene rings is 1. The predicted molar refractivity (Wildman–Crippen MR) is 94.0 cm³/mol. The fraction of sp³-hybridized carbons (Fsp3) is 0.412. The Kier molecular flexibility index (Phi) is 3.95. The lowest BCUT2D eigenvalue weighted by atomic mass is 10.1. The Balaban J connectivity index is 1.47. The van der Waals surface area contributed by atoms with Gasteiger partial charge >= 0.3 is 0 Å². The van der Waals surface area contributed by atoms with Crippen LogP contribution in [-0.2, 0) is 24.3 Å². The number of aryl methyl sites for hydroxylation is 2. The van der Waals surface area contributed by atoms with Crippen LogP contribution in [-0.4, -0.2) is 31.1 Å². The summed E-state index contributed by atoms with van der Waals surface area (Å²) < 4.78 is 1.68. The quantitative estimate of drug-likeness (QED) is 0.708. The van der Waals surface area contributed by atoms with E-state index in [1.807, 2.05) is 19.1 Å². The number of carbonyl (C=O) groups is 1. The van der Waals surface area contributed by atoms with Crippen molar-refractivity contribution in [3.63, 3.8) is 0 Å². The van der Waals surface area contributed by atoms with Crippen LogP contribution in [0.5, 0.6) is 0 Å². The number of nitrogens with zero attached hydrogens (tertiary/aromatic N) is 4. The Bertz CT molecular complexity index is 913. The van der Waals surface area contributed by atoms with Gasteiger partial charge in [-0.25, -0.2) is 4.68 Å². The standard InChI is InChI=1S/C17H19ClN6O/c1-17(3-4-17)16(25)19-9-13-6-12-7-14(18)11(8-15(12)21-13)2-5-24-10-20-22-23-24/h6-8,10,21H,2-5,9H2,1H3,(H,19,25). The maximum Gasteiger partial charge on any atom is 0.226 e. The first-order valence-corrected chi connectivity index (χ1v) is 8.70. The van der Waals surface area contributed by atoms with Crippen molar-refractivity contribution in [3.05, 3.63) is 40.8 Å². The number of amides is 1. The summed E-state index contributed by atoms with van der Waals surface area (Å²) in [5.41, 5.74) is 2.87. The van der Waals surface area contributed by atoms with E-state index in [0.717, 1.165) is 46.4 Å². The van der Waals surface area contributed by atoms with Crippen LogP contribution >= 0.6 is 11.6 Å². The number of hydrogen-bond donors (Lipinski definition) is 2. The van der Waals surface area contributed by atoms with Gasteiger partial charge in [0.2, 0.25) is 5.91 Å². The van der Waals surface area contributed by atoms with Crippen LogP contribution in [0.25, 0.3) is 10.9 Å². The molecule has 2 N–H and O–H groups in total. The van der Waals surface area contributed by atoms with Crippen molar-refractivity contribution in [3.8, 4) is 0 Å². The van der Waals surface area contributed by atoms with Gasteiger partial charge in [0, 0.05) is 33.6 Å². The molecule has 3 aromatic rings. The van der Waals surface area contributed by atoms with Crippen molar-refractivity contribution >= 4 is 28.4 Å². The van der Waals surface area contributed by atoms with Crippen molar-refractivity contribution in [1.29, 1.82) is 0 Å². The van der Waals surface area contributed by atoms with E-state index in [9.17, 15) is 4.79 Å². The maximum atomic E-state index is 12.1. The molecule has 0 aliphatic heterocycles. The van der Waals surface area contributed by atoms with E-state index in [1.165, 1.54) is 0 Å². The van der Waals surface area contributed by atoms with Gasteiger partial charge in [0.05, 0.1) is 6.54 Å². The minimum atomic E-state index is -0.154. The van der Waals surface area contributed by atoms with Crippen LogP contribution < -0.4 is 5.32 Å². The molecule has 1 fully saturated rings. The number of fused-ring (bicyclic) bond motifs is 1. The molecule has 1 aliphatic rings. The number of carbonyl (C=O) groups excluding carboxylic acids is 1. The molecule has 2 heterocycles. The molecule has 25 heavy (non-hydrogen) atoms. The summed E-state index contributed by atoms with van der Waals surface area (Å²) in [7, 11) is 0. The first-order chi connectivity index (χ1) is 12.0. The van der Waals surface area contributed by atoms with E-state index < -0.39 is 0 Å². The summed E-state index contributed by atoms with van der Waals surface area (Å²) in [6, 6.07) is 6.03. The number of nitrogens with one attached hydrogen (secondary N) is 2. The first kappa shape index (κ1) is 16.1. The van der Waals surface area contributed by atoms with Crippen LogP contribution in [0.15, 0.2) is 24.5 Å². The molecule has 0 unspecified atom stereocenters. The van der Waals surface area contributed by atoms with Crippen molar-refractivity contribution in [2.24, 2.45) is 5.41 Å². The predicted octanol–water partition coefficient (Wildman–Crippen LogP) is 2.47. The van der Waals surface area contributed by atoms with Crippen molar-refractivity contribution in [2.75, 3.05) is 0 Å². The van der Waals surface area contributed by atoms with Crippen molar-refractivity contribution in [2.45, 2.75) is 39.3 Å². The van der Waals surface area contributed by atoms with E-state index in [-0.39, 0.29) is 11.3 Å². The van der Waals surface area contributed by atoms with E-state index in [4.69, 9.17) is 11.6 Å². The highest BCUT2D eigenvalue weighted by atomic mass is 35.5. The van der Waals surface area contributed by atoms with Gasteiger partial charge < -0.3 is 10.3 Å². The fourth-order valence-corrected chi connectivity index (χ4v) is 3.13. The molecule has 0 radical (unpaired) electrons.